The maximum absolute atomic E-state index is 11.1. The van der Waals surface area contributed by atoms with Gasteiger partial charge in [0.1, 0.15) is 0 Å². The van der Waals surface area contributed by atoms with E-state index in [-0.39, 0.29) is 5.91 Å². The van der Waals surface area contributed by atoms with Crippen LogP contribution in [0.1, 0.15) is 20.7 Å². The molecule has 0 aliphatic rings. The van der Waals surface area contributed by atoms with E-state index in [0.29, 0.717) is 11.1 Å². The van der Waals surface area contributed by atoms with Crippen molar-refractivity contribution in [3.05, 3.63) is 44.8 Å². The molecule has 2 amide bonds. The molecule has 0 atom stereocenters. The summed E-state index contributed by atoms with van der Waals surface area (Å²) < 4.78 is 10.7. The lowest BCUT2D eigenvalue weighted by Crippen LogP contribution is -2.28. The summed E-state index contributed by atoms with van der Waals surface area (Å²) in [4.78, 5) is 21.4. The summed E-state index contributed by atoms with van der Waals surface area (Å²) in [7, 11) is -3.46. The van der Waals surface area contributed by atoms with Gasteiger partial charge in [0.2, 0.25) is 5.91 Å². The van der Waals surface area contributed by atoms with Gasteiger partial charge in [-0.05, 0) is 22.9 Å². The molecule has 0 spiro atoms. The van der Waals surface area contributed by atoms with Crippen LogP contribution in [0.25, 0.3) is 0 Å². The largest absolute Gasteiger partial charge is 0.366 e. The molecule has 2 aromatic heterocycles. The van der Waals surface area contributed by atoms with Crippen LogP contribution in [0, 0.1) is 0 Å². The van der Waals surface area contributed by atoms with Gasteiger partial charge in [-0.3, -0.25) is 30.2 Å². The lowest BCUT2D eigenvalue weighted by molar-refractivity contribution is 0.0977. The molecule has 2 aromatic rings. The highest BCUT2D eigenvalue weighted by Crippen LogP contribution is 2.19. The van der Waals surface area contributed by atoms with Crippen molar-refractivity contribution in [1.82, 2.24) is 5.09 Å². The Bertz CT molecular complexity index is 607. The van der Waals surface area contributed by atoms with Crippen molar-refractivity contribution in [2.75, 3.05) is 0 Å². The minimum atomic E-state index is -3.46. The standard InChI is InChI=1S/C5H8N3O2PS.C5H5NOS/c6-11(7,10)8-5(9)4-1-2-12-3-4;6-5(7)4-1-2-8-3-4/h1-3H,(H5,6,7,8,9,10);1-3H,(H2,6,7). The molecule has 0 radical (unpaired) electrons. The van der Waals surface area contributed by atoms with Crippen molar-refractivity contribution in [2.45, 2.75) is 0 Å². The number of hydrogen-bond acceptors (Lipinski definition) is 5. The Balaban J connectivity index is 0.000000217. The topological polar surface area (TPSA) is 141 Å². The van der Waals surface area contributed by atoms with E-state index < -0.39 is 13.5 Å². The van der Waals surface area contributed by atoms with E-state index in [1.165, 1.54) is 22.7 Å². The average molecular weight is 332 g/mol. The third-order valence-corrected chi connectivity index (χ3v) is 3.78. The van der Waals surface area contributed by atoms with Gasteiger partial charge in [0.05, 0.1) is 5.56 Å². The number of thiophene rings is 2. The number of carbonyl (C=O) groups excluding carboxylic acids is 2. The van der Waals surface area contributed by atoms with Gasteiger partial charge in [-0.15, -0.1) is 0 Å². The van der Waals surface area contributed by atoms with Crippen molar-refractivity contribution in [1.29, 1.82) is 0 Å². The van der Waals surface area contributed by atoms with Gasteiger partial charge in [0, 0.05) is 16.3 Å². The Kier molecular flexibility index (Phi) is 6.05. The number of hydrogen-bond donors (Lipinski definition) is 4. The van der Waals surface area contributed by atoms with Crippen molar-refractivity contribution in [3.8, 4) is 0 Å². The number of primary amides is 1. The molecule has 20 heavy (non-hydrogen) atoms. The number of rotatable bonds is 3. The summed E-state index contributed by atoms with van der Waals surface area (Å²) in [5.41, 5.74) is 15.8. The van der Waals surface area contributed by atoms with Crippen LogP contribution in [-0.4, -0.2) is 11.8 Å². The van der Waals surface area contributed by atoms with Crippen molar-refractivity contribution >= 4 is 42.1 Å². The van der Waals surface area contributed by atoms with Gasteiger partial charge >= 0.3 is 7.59 Å². The lowest BCUT2D eigenvalue weighted by Gasteiger charge is -2.06. The normalized spacial score (nSPS) is 10.3. The van der Waals surface area contributed by atoms with Gasteiger partial charge in [0.25, 0.3) is 5.91 Å². The van der Waals surface area contributed by atoms with Crippen molar-refractivity contribution in [3.63, 3.8) is 0 Å². The highest BCUT2D eigenvalue weighted by Gasteiger charge is 2.14. The molecule has 0 bridgehead atoms. The van der Waals surface area contributed by atoms with Crippen LogP contribution in [0.3, 0.4) is 0 Å². The van der Waals surface area contributed by atoms with E-state index in [2.05, 4.69) is 0 Å². The monoisotopic (exact) mass is 332 g/mol. The zero-order chi connectivity index (χ0) is 15.2. The molecule has 2 rings (SSSR count). The third kappa shape index (κ3) is 6.09. The molecule has 108 valence electrons. The van der Waals surface area contributed by atoms with Crippen LogP contribution >= 0.6 is 30.3 Å². The second-order valence-corrected chi connectivity index (χ2v) is 6.74. The number of amides is 2. The quantitative estimate of drug-likeness (QED) is 0.628. The molecule has 0 unspecified atom stereocenters. The fraction of sp³-hybridized carbons (Fsp3) is 0. The fourth-order valence-electron chi connectivity index (χ4n) is 1.02. The van der Waals surface area contributed by atoms with Crippen LogP contribution in [0.4, 0.5) is 0 Å². The molecular formula is C10H13N4O3PS2. The predicted octanol–water partition coefficient (Wildman–Crippen LogP) is 1.35. The van der Waals surface area contributed by atoms with E-state index >= 15 is 0 Å². The first-order valence-corrected chi connectivity index (χ1v) is 8.86. The van der Waals surface area contributed by atoms with Gasteiger partial charge < -0.3 is 5.73 Å². The zero-order valence-electron chi connectivity index (χ0n) is 10.2. The van der Waals surface area contributed by atoms with E-state index in [1.54, 1.807) is 28.3 Å². The smallest absolute Gasteiger partial charge is 0.300 e. The molecule has 0 aliphatic heterocycles. The Morgan fingerprint density at radius 1 is 1.05 bits per heavy atom. The minimum Gasteiger partial charge on any atom is -0.366 e. The second-order valence-electron chi connectivity index (χ2n) is 3.54. The second kappa shape index (κ2) is 7.32. The molecule has 0 saturated heterocycles. The molecule has 0 aromatic carbocycles. The highest BCUT2D eigenvalue weighted by atomic mass is 32.1. The SMILES string of the molecule is NC(=O)c1ccsc1.NP(N)(=O)NC(=O)c1ccsc1. The maximum atomic E-state index is 11.1. The zero-order valence-corrected chi connectivity index (χ0v) is 12.7. The summed E-state index contributed by atoms with van der Waals surface area (Å²) in [6.45, 7) is 0. The third-order valence-electron chi connectivity index (χ3n) is 1.87. The Labute approximate surface area is 123 Å². The molecule has 0 fully saturated rings. The van der Waals surface area contributed by atoms with Crippen molar-refractivity contribution in [2.24, 2.45) is 16.7 Å². The predicted molar refractivity (Wildman–Crippen MR) is 80.6 cm³/mol. The minimum absolute atomic E-state index is 0.355. The molecule has 7 N–H and O–H groups in total. The summed E-state index contributed by atoms with van der Waals surface area (Å²) in [5.74, 6) is -0.865. The fourth-order valence-corrected chi connectivity index (χ4v) is 2.75. The highest BCUT2D eigenvalue weighted by molar-refractivity contribution is 7.57. The Morgan fingerprint density at radius 2 is 1.55 bits per heavy atom. The van der Waals surface area contributed by atoms with Gasteiger partial charge in [-0.2, -0.15) is 22.7 Å². The molecule has 0 saturated carbocycles. The lowest BCUT2D eigenvalue weighted by atomic mass is 10.3. The van der Waals surface area contributed by atoms with Crippen LogP contribution in [0.2, 0.25) is 0 Å². The molecular weight excluding hydrogens is 319 g/mol. The number of carbonyl (C=O) groups is 2. The van der Waals surface area contributed by atoms with E-state index in [4.69, 9.17) is 16.7 Å². The Hall–Kier alpha value is -1.51. The van der Waals surface area contributed by atoms with Crippen molar-refractivity contribution < 1.29 is 14.2 Å². The first-order chi connectivity index (χ1) is 9.29. The summed E-state index contributed by atoms with van der Waals surface area (Å²) in [6, 6.07) is 3.29. The van der Waals surface area contributed by atoms with Crippen LogP contribution in [-0.2, 0) is 4.57 Å². The van der Waals surface area contributed by atoms with Crippen LogP contribution < -0.4 is 21.8 Å². The first-order valence-electron chi connectivity index (χ1n) is 5.13. The first kappa shape index (κ1) is 16.5. The average Bonchev–Trinajstić information content (AvgIpc) is 3.02. The molecule has 10 heteroatoms. The maximum Gasteiger partial charge on any atom is 0.300 e. The van der Waals surface area contributed by atoms with E-state index in [1.807, 2.05) is 10.5 Å². The van der Waals surface area contributed by atoms with Gasteiger partial charge in [-0.25, -0.2) is 0 Å². The summed E-state index contributed by atoms with van der Waals surface area (Å²) in [6.07, 6.45) is 0. The number of nitrogens with two attached hydrogens (primary N) is 3. The molecule has 0 aliphatic carbocycles. The van der Waals surface area contributed by atoms with E-state index in [9.17, 15) is 14.2 Å². The molecule has 2 heterocycles. The summed E-state index contributed by atoms with van der Waals surface area (Å²) >= 11 is 2.83. The number of nitrogens with one attached hydrogen (secondary N) is 1. The summed E-state index contributed by atoms with van der Waals surface area (Å²) in [5, 5.41) is 8.89. The van der Waals surface area contributed by atoms with E-state index in [0.717, 1.165) is 0 Å². The molecule has 7 nitrogen and oxygen atoms in total. The van der Waals surface area contributed by atoms with Crippen LogP contribution in [0.5, 0.6) is 0 Å². The van der Waals surface area contributed by atoms with Gasteiger partial charge in [-0.1, -0.05) is 0 Å². The van der Waals surface area contributed by atoms with Crippen LogP contribution in [0.15, 0.2) is 33.7 Å². The Morgan fingerprint density at radius 3 is 1.85 bits per heavy atom. The van der Waals surface area contributed by atoms with Gasteiger partial charge in [0.15, 0.2) is 0 Å².